The van der Waals surface area contributed by atoms with Crippen molar-refractivity contribution in [1.29, 1.82) is 0 Å². The first-order chi connectivity index (χ1) is 11.6. The summed E-state index contributed by atoms with van der Waals surface area (Å²) in [5.74, 6) is 0.988. The van der Waals surface area contributed by atoms with E-state index in [0.717, 1.165) is 34.4 Å². The number of fused-ring (bicyclic) bond motifs is 1. The summed E-state index contributed by atoms with van der Waals surface area (Å²) in [6, 6.07) is 16.1. The standard InChI is InChI=1S/C20H21NO2S/c1-14-8-9-18-16(12-19(22)23-20(18)15(14)2)13-21-10-11-24-17-6-4-3-5-7-17/h3-9,12,21H,10-11,13H2,1-2H3. The average molecular weight is 339 g/mol. The summed E-state index contributed by atoms with van der Waals surface area (Å²) in [5, 5.41) is 4.44. The van der Waals surface area contributed by atoms with Gasteiger partial charge in [0.25, 0.3) is 0 Å². The molecule has 4 heteroatoms. The second kappa shape index (κ2) is 7.69. The zero-order chi connectivity index (χ0) is 16.9. The van der Waals surface area contributed by atoms with E-state index in [1.54, 1.807) is 6.07 Å². The van der Waals surface area contributed by atoms with Crippen LogP contribution in [0.15, 0.2) is 62.6 Å². The molecule has 124 valence electrons. The van der Waals surface area contributed by atoms with E-state index in [1.165, 1.54) is 4.90 Å². The van der Waals surface area contributed by atoms with Gasteiger partial charge in [-0.25, -0.2) is 4.79 Å². The van der Waals surface area contributed by atoms with Crippen LogP contribution in [-0.4, -0.2) is 12.3 Å². The molecule has 0 aliphatic heterocycles. The lowest BCUT2D eigenvalue weighted by Gasteiger charge is -2.10. The van der Waals surface area contributed by atoms with Crippen LogP contribution in [0.5, 0.6) is 0 Å². The Bertz CT molecular complexity index is 887. The van der Waals surface area contributed by atoms with Crippen LogP contribution >= 0.6 is 11.8 Å². The van der Waals surface area contributed by atoms with E-state index in [0.29, 0.717) is 12.1 Å². The van der Waals surface area contributed by atoms with Gasteiger partial charge in [-0.2, -0.15) is 0 Å². The minimum Gasteiger partial charge on any atom is -0.422 e. The predicted octanol–water partition coefficient (Wildman–Crippen LogP) is 4.29. The Balaban J connectivity index is 1.65. The van der Waals surface area contributed by atoms with Gasteiger partial charge in [-0.05, 0) is 42.7 Å². The summed E-state index contributed by atoms with van der Waals surface area (Å²) in [4.78, 5) is 13.1. The van der Waals surface area contributed by atoms with Crippen molar-refractivity contribution in [3.63, 3.8) is 0 Å². The normalized spacial score (nSPS) is 11.1. The monoisotopic (exact) mass is 339 g/mol. The molecule has 3 nitrogen and oxygen atoms in total. The van der Waals surface area contributed by atoms with Gasteiger partial charge in [0.2, 0.25) is 0 Å². The van der Waals surface area contributed by atoms with Crippen LogP contribution in [0.4, 0.5) is 0 Å². The van der Waals surface area contributed by atoms with Crippen molar-refractivity contribution in [1.82, 2.24) is 5.32 Å². The van der Waals surface area contributed by atoms with Gasteiger partial charge >= 0.3 is 5.63 Å². The van der Waals surface area contributed by atoms with Crippen LogP contribution in [0.3, 0.4) is 0 Å². The Hall–Kier alpha value is -2.04. The van der Waals surface area contributed by atoms with E-state index >= 15 is 0 Å². The molecule has 1 N–H and O–H groups in total. The van der Waals surface area contributed by atoms with Crippen LogP contribution in [0.25, 0.3) is 11.0 Å². The lowest BCUT2D eigenvalue weighted by atomic mass is 10.0. The second-order valence-electron chi connectivity index (χ2n) is 5.81. The molecular formula is C20H21NO2S. The molecule has 0 saturated heterocycles. The molecule has 1 aromatic heterocycles. The molecule has 3 rings (SSSR count). The summed E-state index contributed by atoms with van der Waals surface area (Å²) < 4.78 is 5.41. The van der Waals surface area contributed by atoms with Crippen LogP contribution in [0, 0.1) is 13.8 Å². The Morgan fingerprint density at radius 3 is 2.67 bits per heavy atom. The summed E-state index contributed by atoms with van der Waals surface area (Å²) in [6.07, 6.45) is 0. The molecule has 0 unspecified atom stereocenters. The van der Waals surface area contributed by atoms with Gasteiger partial charge in [0.15, 0.2) is 0 Å². The number of benzene rings is 2. The van der Waals surface area contributed by atoms with E-state index in [4.69, 9.17) is 4.42 Å². The van der Waals surface area contributed by atoms with Crippen LogP contribution in [0.1, 0.15) is 16.7 Å². The molecular weight excluding hydrogens is 318 g/mol. The second-order valence-corrected chi connectivity index (χ2v) is 6.98. The first kappa shape index (κ1) is 16.8. The molecule has 0 aliphatic rings. The van der Waals surface area contributed by atoms with Crippen molar-refractivity contribution in [2.45, 2.75) is 25.3 Å². The minimum absolute atomic E-state index is 0.285. The van der Waals surface area contributed by atoms with E-state index in [9.17, 15) is 4.79 Å². The quantitative estimate of drug-likeness (QED) is 0.413. The fourth-order valence-corrected chi connectivity index (χ4v) is 3.48. The van der Waals surface area contributed by atoms with E-state index < -0.39 is 0 Å². The summed E-state index contributed by atoms with van der Waals surface area (Å²) >= 11 is 1.82. The van der Waals surface area contributed by atoms with Gasteiger partial charge in [-0.1, -0.05) is 30.3 Å². The molecule has 0 saturated carbocycles. The van der Waals surface area contributed by atoms with Crippen LogP contribution in [0.2, 0.25) is 0 Å². The minimum atomic E-state index is -0.285. The zero-order valence-corrected chi connectivity index (χ0v) is 14.8. The van der Waals surface area contributed by atoms with Crippen molar-refractivity contribution in [3.8, 4) is 0 Å². The summed E-state index contributed by atoms with van der Waals surface area (Å²) in [6.45, 7) is 5.57. The summed E-state index contributed by atoms with van der Waals surface area (Å²) in [5.41, 5.74) is 3.58. The van der Waals surface area contributed by atoms with Gasteiger partial charge < -0.3 is 9.73 Å². The molecule has 0 amide bonds. The van der Waals surface area contributed by atoms with Gasteiger partial charge in [0.05, 0.1) is 0 Å². The SMILES string of the molecule is Cc1ccc2c(CNCCSc3ccccc3)cc(=O)oc2c1C. The van der Waals surface area contributed by atoms with Gasteiger partial charge in [-0.15, -0.1) is 11.8 Å². The largest absolute Gasteiger partial charge is 0.422 e. The number of aryl methyl sites for hydroxylation is 2. The fraction of sp³-hybridized carbons (Fsp3) is 0.250. The van der Waals surface area contributed by atoms with Gasteiger partial charge in [0, 0.05) is 35.2 Å². The van der Waals surface area contributed by atoms with E-state index in [2.05, 4.69) is 35.6 Å². The molecule has 0 atom stereocenters. The highest BCUT2D eigenvalue weighted by Gasteiger charge is 2.09. The van der Waals surface area contributed by atoms with Crippen LogP contribution in [-0.2, 0) is 6.54 Å². The highest BCUT2D eigenvalue weighted by Crippen LogP contribution is 2.23. The lowest BCUT2D eigenvalue weighted by Crippen LogP contribution is -2.18. The molecule has 1 heterocycles. The molecule has 0 aliphatic carbocycles. The predicted molar refractivity (Wildman–Crippen MR) is 101 cm³/mol. The van der Waals surface area contributed by atoms with Crippen LogP contribution < -0.4 is 10.9 Å². The maximum atomic E-state index is 11.8. The molecule has 2 aromatic carbocycles. The Morgan fingerprint density at radius 1 is 1.08 bits per heavy atom. The van der Waals surface area contributed by atoms with Crippen molar-refractivity contribution >= 4 is 22.7 Å². The number of hydrogen-bond acceptors (Lipinski definition) is 4. The van der Waals surface area contributed by atoms with E-state index in [1.807, 2.05) is 37.7 Å². The van der Waals surface area contributed by atoms with Crippen molar-refractivity contribution in [3.05, 3.63) is 75.6 Å². The highest BCUT2D eigenvalue weighted by molar-refractivity contribution is 7.99. The first-order valence-corrected chi connectivity index (χ1v) is 9.05. The Kier molecular flexibility index (Phi) is 5.38. The van der Waals surface area contributed by atoms with Crippen molar-refractivity contribution < 1.29 is 4.42 Å². The Labute approximate surface area is 146 Å². The Morgan fingerprint density at radius 2 is 1.88 bits per heavy atom. The smallest absolute Gasteiger partial charge is 0.336 e. The molecule has 0 fully saturated rings. The summed E-state index contributed by atoms with van der Waals surface area (Å²) in [7, 11) is 0. The number of thioether (sulfide) groups is 1. The number of rotatable bonds is 6. The first-order valence-electron chi connectivity index (χ1n) is 8.06. The number of nitrogens with one attached hydrogen (secondary N) is 1. The zero-order valence-electron chi connectivity index (χ0n) is 14.0. The van der Waals surface area contributed by atoms with Gasteiger partial charge in [-0.3, -0.25) is 0 Å². The van der Waals surface area contributed by atoms with Crippen molar-refractivity contribution in [2.75, 3.05) is 12.3 Å². The third-order valence-corrected chi connectivity index (χ3v) is 5.14. The molecule has 0 bridgehead atoms. The van der Waals surface area contributed by atoms with Gasteiger partial charge in [0.1, 0.15) is 5.58 Å². The molecule has 0 spiro atoms. The topological polar surface area (TPSA) is 42.2 Å². The molecule has 3 aromatic rings. The van der Waals surface area contributed by atoms with E-state index in [-0.39, 0.29) is 5.63 Å². The molecule has 24 heavy (non-hydrogen) atoms. The highest BCUT2D eigenvalue weighted by atomic mass is 32.2. The maximum absolute atomic E-state index is 11.8. The maximum Gasteiger partial charge on any atom is 0.336 e. The van der Waals surface area contributed by atoms with Crippen molar-refractivity contribution in [2.24, 2.45) is 0 Å². The number of hydrogen-bond donors (Lipinski definition) is 1. The average Bonchev–Trinajstić information content (AvgIpc) is 2.59. The third-order valence-electron chi connectivity index (χ3n) is 4.12. The third kappa shape index (κ3) is 3.89. The molecule has 0 radical (unpaired) electrons. The fourth-order valence-electron chi connectivity index (χ4n) is 2.65. The lowest BCUT2D eigenvalue weighted by molar-refractivity contribution is 0.554.